The van der Waals surface area contributed by atoms with Gasteiger partial charge < -0.3 is 9.15 Å². The first-order chi connectivity index (χ1) is 12.3. The Hall–Kier alpha value is -2.18. The number of hydrogen-bond acceptors (Lipinski definition) is 6. The molecule has 0 aliphatic carbocycles. The summed E-state index contributed by atoms with van der Waals surface area (Å²) >= 11 is 1.61. The van der Waals surface area contributed by atoms with Crippen molar-refractivity contribution >= 4 is 11.3 Å². The smallest absolute Gasteiger partial charge is 0.257 e. The fourth-order valence-corrected chi connectivity index (χ4v) is 3.98. The lowest BCUT2D eigenvalue weighted by atomic mass is 10.0. The third-order valence-electron chi connectivity index (χ3n) is 4.48. The van der Waals surface area contributed by atoms with Crippen LogP contribution in [0.4, 0.5) is 0 Å². The Morgan fingerprint density at radius 1 is 1.24 bits per heavy atom. The summed E-state index contributed by atoms with van der Waals surface area (Å²) in [6.45, 7) is 4.44. The minimum absolute atomic E-state index is 0.396. The molecule has 3 heterocycles. The fraction of sp³-hybridized carbons (Fsp3) is 0.368. The van der Waals surface area contributed by atoms with Crippen molar-refractivity contribution in [3.63, 3.8) is 0 Å². The zero-order chi connectivity index (χ0) is 17.1. The third-order valence-corrected chi connectivity index (χ3v) is 5.33. The van der Waals surface area contributed by atoms with Crippen molar-refractivity contribution < 1.29 is 9.15 Å². The monoisotopic (exact) mass is 355 g/mol. The lowest BCUT2D eigenvalue weighted by molar-refractivity contribution is 0.224. The van der Waals surface area contributed by atoms with Gasteiger partial charge in [0.25, 0.3) is 5.89 Å². The van der Waals surface area contributed by atoms with E-state index in [1.807, 2.05) is 24.4 Å². The van der Waals surface area contributed by atoms with Crippen LogP contribution >= 0.6 is 11.3 Å². The molecular formula is C19H21N3O2S. The van der Waals surface area contributed by atoms with Crippen LogP contribution in [0.1, 0.15) is 37.3 Å². The summed E-state index contributed by atoms with van der Waals surface area (Å²) in [5, 5.41) is 10.4. The number of aromatic nitrogens is 2. The lowest BCUT2D eigenvalue weighted by Gasteiger charge is -2.23. The fourth-order valence-electron chi connectivity index (χ4n) is 3.34. The molecule has 0 N–H and O–H groups in total. The molecule has 1 atom stereocenters. The Morgan fingerprint density at radius 3 is 2.88 bits per heavy atom. The molecule has 0 amide bonds. The van der Waals surface area contributed by atoms with E-state index in [9.17, 15) is 0 Å². The molecule has 1 unspecified atom stereocenters. The Bertz CT molecular complexity index is 798. The molecule has 1 saturated heterocycles. The molecule has 3 aromatic rings. The molecule has 1 aromatic carbocycles. The minimum atomic E-state index is 0.396. The molecule has 0 radical (unpaired) electrons. The van der Waals surface area contributed by atoms with Crippen molar-refractivity contribution in [2.75, 3.05) is 13.2 Å². The van der Waals surface area contributed by atoms with Crippen molar-refractivity contribution in [1.82, 2.24) is 15.1 Å². The van der Waals surface area contributed by atoms with Gasteiger partial charge in [-0.2, -0.15) is 0 Å². The predicted molar refractivity (Wildman–Crippen MR) is 97.6 cm³/mol. The lowest BCUT2D eigenvalue weighted by Crippen LogP contribution is -2.22. The highest BCUT2D eigenvalue weighted by atomic mass is 32.1. The summed E-state index contributed by atoms with van der Waals surface area (Å²) in [6, 6.07) is 12.8. The Morgan fingerprint density at radius 2 is 2.12 bits per heavy atom. The van der Waals surface area contributed by atoms with Crippen LogP contribution in [0.3, 0.4) is 0 Å². The van der Waals surface area contributed by atoms with Gasteiger partial charge in [-0.3, -0.25) is 4.90 Å². The van der Waals surface area contributed by atoms with Crippen LogP contribution in [-0.2, 0) is 6.54 Å². The van der Waals surface area contributed by atoms with Crippen LogP contribution < -0.4 is 4.74 Å². The third kappa shape index (κ3) is 3.60. The molecule has 4 rings (SSSR count). The summed E-state index contributed by atoms with van der Waals surface area (Å²) in [7, 11) is 0. The number of hydrogen-bond donors (Lipinski definition) is 0. The van der Waals surface area contributed by atoms with Gasteiger partial charge >= 0.3 is 0 Å². The minimum Gasteiger partial charge on any atom is -0.494 e. The largest absolute Gasteiger partial charge is 0.494 e. The maximum atomic E-state index is 5.85. The van der Waals surface area contributed by atoms with E-state index in [4.69, 9.17) is 9.15 Å². The summed E-state index contributed by atoms with van der Waals surface area (Å²) < 4.78 is 11.4. The van der Waals surface area contributed by atoms with Gasteiger partial charge in [0.05, 0.1) is 18.0 Å². The highest BCUT2D eigenvalue weighted by Gasteiger charge is 2.27. The van der Waals surface area contributed by atoms with Crippen LogP contribution in [0.2, 0.25) is 0 Å². The molecule has 6 heteroatoms. The molecule has 1 aliphatic rings. The van der Waals surface area contributed by atoms with Gasteiger partial charge in [-0.1, -0.05) is 18.2 Å². The van der Waals surface area contributed by atoms with Gasteiger partial charge in [0.2, 0.25) is 5.89 Å². The van der Waals surface area contributed by atoms with Crippen molar-refractivity contribution in [2.24, 2.45) is 0 Å². The van der Waals surface area contributed by atoms with Gasteiger partial charge in [0, 0.05) is 6.04 Å². The Kier molecular flexibility index (Phi) is 4.81. The topological polar surface area (TPSA) is 51.4 Å². The SMILES string of the molecule is CCOc1ccc(C2CCCN2Cc2nnc(-c3cccs3)o2)cc1. The van der Waals surface area contributed by atoms with E-state index in [0.29, 0.717) is 31.0 Å². The number of ether oxygens (including phenoxy) is 1. The van der Waals surface area contributed by atoms with Crippen LogP contribution in [0.25, 0.3) is 10.8 Å². The first-order valence-corrected chi connectivity index (χ1v) is 9.54. The molecule has 0 spiro atoms. The Balaban J connectivity index is 1.46. The van der Waals surface area contributed by atoms with Gasteiger partial charge in [-0.25, -0.2) is 0 Å². The molecule has 1 aliphatic heterocycles. The predicted octanol–water partition coefficient (Wildman–Crippen LogP) is 4.53. The maximum absolute atomic E-state index is 5.85. The second-order valence-corrected chi connectivity index (χ2v) is 7.06. The molecule has 1 fully saturated rings. The molecule has 0 bridgehead atoms. The van der Waals surface area contributed by atoms with E-state index in [-0.39, 0.29) is 0 Å². The zero-order valence-corrected chi connectivity index (χ0v) is 15.0. The summed E-state index contributed by atoms with van der Waals surface area (Å²) in [6.07, 6.45) is 2.34. The molecule has 5 nitrogen and oxygen atoms in total. The number of likely N-dealkylation sites (tertiary alicyclic amines) is 1. The van der Waals surface area contributed by atoms with E-state index in [1.165, 1.54) is 12.0 Å². The van der Waals surface area contributed by atoms with Gasteiger partial charge in [-0.15, -0.1) is 21.5 Å². The standard InChI is InChI=1S/C19H21N3O2S/c1-2-23-15-9-7-14(8-10-15)16-5-3-11-22(16)13-18-20-21-19(24-18)17-6-4-12-25-17/h4,6-10,12,16H,2-3,5,11,13H2,1H3. The first kappa shape index (κ1) is 16.3. The molecular weight excluding hydrogens is 334 g/mol. The maximum Gasteiger partial charge on any atom is 0.257 e. The second kappa shape index (κ2) is 7.37. The van der Waals surface area contributed by atoms with E-state index in [2.05, 4.69) is 39.4 Å². The highest BCUT2D eigenvalue weighted by Crippen LogP contribution is 2.34. The van der Waals surface area contributed by atoms with Crippen molar-refractivity contribution in [2.45, 2.75) is 32.4 Å². The highest BCUT2D eigenvalue weighted by molar-refractivity contribution is 7.13. The van der Waals surface area contributed by atoms with Crippen molar-refractivity contribution in [1.29, 1.82) is 0 Å². The van der Waals surface area contributed by atoms with Crippen LogP contribution in [0.15, 0.2) is 46.2 Å². The van der Waals surface area contributed by atoms with E-state index in [1.54, 1.807) is 11.3 Å². The second-order valence-electron chi connectivity index (χ2n) is 6.11. The Labute approximate surface area is 151 Å². The van der Waals surface area contributed by atoms with Gasteiger partial charge in [-0.05, 0) is 55.5 Å². The molecule has 25 heavy (non-hydrogen) atoms. The molecule has 130 valence electrons. The molecule has 2 aromatic heterocycles. The van der Waals surface area contributed by atoms with E-state index in [0.717, 1.165) is 23.6 Å². The summed E-state index contributed by atoms with van der Waals surface area (Å²) in [5.41, 5.74) is 1.32. The van der Waals surface area contributed by atoms with Gasteiger partial charge in [0.1, 0.15) is 5.75 Å². The number of rotatable bonds is 6. The quantitative estimate of drug-likeness (QED) is 0.650. The summed E-state index contributed by atoms with van der Waals surface area (Å²) in [5.74, 6) is 2.22. The summed E-state index contributed by atoms with van der Waals surface area (Å²) in [4.78, 5) is 3.43. The van der Waals surface area contributed by atoms with Crippen LogP contribution in [0.5, 0.6) is 5.75 Å². The first-order valence-electron chi connectivity index (χ1n) is 8.66. The number of thiophene rings is 1. The molecule has 0 saturated carbocycles. The van der Waals surface area contributed by atoms with Crippen molar-refractivity contribution in [3.8, 4) is 16.5 Å². The van der Waals surface area contributed by atoms with Crippen LogP contribution in [-0.4, -0.2) is 28.2 Å². The number of benzene rings is 1. The zero-order valence-electron chi connectivity index (χ0n) is 14.2. The number of nitrogens with zero attached hydrogens (tertiary/aromatic N) is 3. The normalized spacial score (nSPS) is 17.9. The van der Waals surface area contributed by atoms with E-state index < -0.39 is 0 Å². The average molecular weight is 355 g/mol. The van der Waals surface area contributed by atoms with Crippen LogP contribution in [0, 0.1) is 0 Å². The van der Waals surface area contributed by atoms with E-state index >= 15 is 0 Å². The van der Waals surface area contributed by atoms with Crippen molar-refractivity contribution in [3.05, 3.63) is 53.2 Å². The average Bonchev–Trinajstić information content (AvgIpc) is 3.38. The van der Waals surface area contributed by atoms with Gasteiger partial charge in [0.15, 0.2) is 0 Å².